The maximum absolute atomic E-state index is 11.3. The van der Waals surface area contributed by atoms with Crippen LogP contribution in [0.4, 0.5) is 0 Å². The number of nitrogens with one attached hydrogen (secondary N) is 1. The zero-order valence-corrected chi connectivity index (χ0v) is 13.7. The topological polar surface area (TPSA) is 108 Å². The Labute approximate surface area is 142 Å². The number of aliphatic hydroxyl groups is 3. The third kappa shape index (κ3) is 4.26. The summed E-state index contributed by atoms with van der Waals surface area (Å²) in [7, 11) is 0. The van der Waals surface area contributed by atoms with E-state index in [1.165, 1.54) is 19.1 Å². The van der Waals surface area contributed by atoms with Crippen LogP contribution < -0.4 is 10.1 Å². The summed E-state index contributed by atoms with van der Waals surface area (Å²) in [5, 5.41) is 32.4. The number of benzene rings is 1. The SMILES string of the molecule is CC(=O)N[C@@H]1[C@@H](Oc2ccc(Cl)cc2Cl)O[C@@H](CO)[C@@H](O)[C@@H]1O. The van der Waals surface area contributed by atoms with Gasteiger partial charge < -0.3 is 30.1 Å². The molecular formula is C14H17Cl2NO6. The monoisotopic (exact) mass is 365 g/mol. The van der Waals surface area contributed by atoms with Crippen molar-refractivity contribution in [3.05, 3.63) is 28.2 Å². The number of halogens is 2. The zero-order chi connectivity index (χ0) is 17.1. The lowest BCUT2D eigenvalue weighted by molar-refractivity contribution is -0.244. The molecule has 1 heterocycles. The number of rotatable bonds is 4. The van der Waals surface area contributed by atoms with Gasteiger partial charge in [0.2, 0.25) is 12.2 Å². The summed E-state index contributed by atoms with van der Waals surface area (Å²) >= 11 is 11.8. The van der Waals surface area contributed by atoms with Crippen LogP contribution in [-0.2, 0) is 9.53 Å². The number of hydrogen-bond acceptors (Lipinski definition) is 6. The summed E-state index contributed by atoms with van der Waals surface area (Å²) in [5.74, 6) is -0.222. The highest BCUT2D eigenvalue weighted by Crippen LogP contribution is 2.31. The largest absolute Gasteiger partial charge is 0.461 e. The van der Waals surface area contributed by atoms with E-state index in [1.807, 2.05) is 0 Å². The van der Waals surface area contributed by atoms with Gasteiger partial charge in [0.15, 0.2) is 0 Å². The van der Waals surface area contributed by atoms with Crippen LogP contribution in [-0.4, -0.2) is 58.5 Å². The molecule has 0 radical (unpaired) electrons. The number of ether oxygens (including phenoxy) is 2. The minimum absolute atomic E-state index is 0.212. The van der Waals surface area contributed by atoms with Gasteiger partial charge in [-0.3, -0.25) is 4.79 Å². The zero-order valence-electron chi connectivity index (χ0n) is 12.1. The molecule has 1 saturated heterocycles. The molecule has 9 heteroatoms. The highest BCUT2D eigenvalue weighted by atomic mass is 35.5. The van der Waals surface area contributed by atoms with Gasteiger partial charge >= 0.3 is 0 Å². The van der Waals surface area contributed by atoms with Gasteiger partial charge in [-0.05, 0) is 18.2 Å². The minimum Gasteiger partial charge on any atom is -0.461 e. The van der Waals surface area contributed by atoms with E-state index >= 15 is 0 Å². The van der Waals surface area contributed by atoms with Gasteiger partial charge in [0.25, 0.3) is 0 Å². The van der Waals surface area contributed by atoms with Gasteiger partial charge in [0.1, 0.15) is 30.1 Å². The summed E-state index contributed by atoms with van der Waals surface area (Å²) in [4.78, 5) is 11.3. The van der Waals surface area contributed by atoms with Gasteiger partial charge in [-0.2, -0.15) is 0 Å². The van der Waals surface area contributed by atoms with Crippen LogP contribution in [0.2, 0.25) is 10.0 Å². The van der Waals surface area contributed by atoms with E-state index in [-0.39, 0.29) is 10.8 Å². The fraction of sp³-hybridized carbons (Fsp3) is 0.500. The second-order valence-corrected chi connectivity index (χ2v) is 5.97. The molecule has 1 aliphatic rings. The van der Waals surface area contributed by atoms with E-state index in [4.69, 9.17) is 32.7 Å². The average Bonchev–Trinajstić information content (AvgIpc) is 2.48. The summed E-state index contributed by atoms with van der Waals surface area (Å²) < 4.78 is 11.0. The summed E-state index contributed by atoms with van der Waals surface area (Å²) in [5.41, 5.74) is 0. The molecule has 5 atom stereocenters. The first kappa shape index (κ1) is 18.3. The Morgan fingerprint density at radius 1 is 1.35 bits per heavy atom. The summed E-state index contributed by atoms with van der Waals surface area (Å²) in [6, 6.07) is 3.47. The predicted octanol–water partition coefficient (Wildman–Crippen LogP) is 0.316. The van der Waals surface area contributed by atoms with E-state index in [0.29, 0.717) is 5.02 Å². The van der Waals surface area contributed by atoms with Crippen molar-refractivity contribution in [2.75, 3.05) is 6.61 Å². The molecule has 7 nitrogen and oxygen atoms in total. The normalized spacial score (nSPS) is 30.8. The van der Waals surface area contributed by atoms with Crippen LogP contribution in [0.5, 0.6) is 5.75 Å². The molecule has 1 aromatic carbocycles. The van der Waals surface area contributed by atoms with Crippen molar-refractivity contribution in [2.24, 2.45) is 0 Å². The van der Waals surface area contributed by atoms with Crippen LogP contribution in [0.15, 0.2) is 18.2 Å². The molecule has 128 valence electrons. The van der Waals surface area contributed by atoms with Crippen LogP contribution in [0, 0.1) is 0 Å². The van der Waals surface area contributed by atoms with Crippen molar-refractivity contribution in [1.82, 2.24) is 5.32 Å². The van der Waals surface area contributed by atoms with E-state index in [9.17, 15) is 20.1 Å². The smallest absolute Gasteiger partial charge is 0.223 e. The van der Waals surface area contributed by atoms with Crippen molar-refractivity contribution in [3.63, 3.8) is 0 Å². The van der Waals surface area contributed by atoms with Gasteiger partial charge in [-0.15, -0.1) is 0 Å². The Bertz CT molecular complexity index is 572. The van der Waals surface area contributed by atoms with Gasteiger partial charge in [0, 0.05) is 11.9 Å². The van der Waals surface area contributed by atoms with Crippen molar-refractivity contribution in [1.29, 1.82) is 0 Å². The Morgan fingerprint density at radius 3 is 2.61 bits per heavy atom. The molecule has 0 spiro atoms. The van der Waals surface area contributed by atoms with Crippen molar-refractivity contribution in [3.8, 4) is 5.75 Å². The molecule has 1 fully saturated rings. The molecule has 0 saturated carbocycles. The molecule has 0 aliphatic carbocycles. The molecule has 0 bridgehead atoms. The first-order chi connectivity index (χ1) is 10.8. The van der Waals surface area contributed by atoms with E-state index < -0.39 is 43.2 Å². The first-order valence-electron chi connectivity index (χ1n) is 6.84. The molecule has 1 amide bonds. The maximum atomic E-state index is 11.3. The first-order valence-corrected chi connectivity index (χ1v) is 7.60. The number of hydrogen-bond donors (Lipinski definition) is 4. The lowest BCUT2D eigenvalue weighted by Gasteiger charge is -2.42. The average molecular weight is 366 g/mol. The minimum atomic E-state index is -1.39. The van der Waals surface area contributed by atoms with E-state index in [2.05, 4.69) is 5.32 Å². The third-order valence-corrected chi connectivity index (χ3v) is 3.92. The van der Waals surface area contributed by atoms with Crippen molar-refractivity contribution < 1.29 is 29.6 Å². The number of carbonyl (C=O) groups is 1. The Hall–Kier alpha value is -1.09. The Kier molecular flexibility index (Phi) is 6.07. The van der Waals surface area contributed by atoms with Crippen molar-refractivity contribution >= 4 is 29.1 Å². The van der Waals surface area contributed by atoms with Crippen LogP contribution >= 0.6 is 23.2 Å². The van der Waals surface area contributed by atoms with Gasteiger partial charge in [0.05, 0.1) is 11.6 Å². The second kappa shape index (κ2) is 7.65. The molecule has 1 aromatic rings. The van der Waals surface area contributed by atoms with Gasteiger partial charge in [-0.25, -0.2) is 0 Å². The molecular weight excluding hydrogens is 349 g/mol. The number of aliphatic hydroxyl groups excluding tert-OH is 3. The fourth-order valence-electron chi connectivity index (χ4n) is 2.27. The Morgan fingerprint density at radius 2 is 2.04 bits per heavy atom. The van der Waals surface area contributed by atoms with Crippen molar-refractivity contribution in [2.45, 2.75) is 37.6 Å². The second-order valence-electron chi connectivity index (χ2n) is 5.13. The number of carbonyl (C=O) groups excluding carboxylic acids is 1. The van der Waals surface area contributed by atoms with Gasteiger partial charge in [-0.1, -0.05) is 23.2 Å². The summed E-state index contributed by atoms with van der Waals surface area (Å²) in [6.45, 7) is 0.725. The molecule has 2 rings (SSSR count). The Balaban J connectivity index is 2.25. The molecule has 4 N–H and O–H groups in total. The highest BCUT2D eigenvalue weighted by Gasteiger charge is 2.46. The number of amides is 1. The lowest BCUT2D eigenvalue weighted by atomic mass is 9.97. The lowest BCUT2D eigenvalue weighted by Crippen LogP contribution is -2.65. The molecule has 23 heavy (non-hydrogen) atoms. The van der Waals surface area contributed by atoms with Crippen LogP contribution in [0.25, 0.3) is 0 Å². The highest BCUT2D eigenvalue weighted by molar-refractivity contribution is 6.35. The third-order valence-electron chi connectivity index (χ3n) is 3.39. The molecule has 1 aliphatic heterocycles. The maximum Gasteiger partial charge on any atom is 0.223 e. The molecule has 0 aromatic heterocycles. The molecule has 0 unspecified atom stereocenters. The summed E-state index contributed by atoms with van der Waals surface area (Å²) in [6.07, 6.45) is -4.99. The van der Waals surface area contributed by atoms with Crippen LogP contribution in [0.3, 0.4) is 0 Å². The fourth-order valence-corrected chi connectivity index (χ4v) is 2.72. The van der Waals surface area contributed by atoms with E-state index in [1.54, 1.807) is 6.07 Å². The standard InChI is InChI=1S/C14H17Cl2NO6/c1-6(19)17-11-13(21)12(20)10(5-18)23-14(11)22-9-3-2-7(15)4-8(9)16/h2-4,10-14,18,20-21H,5H2,1H3,(H,17,19)/t10-,11-,12+,13+,14-/m0/s1. The van der Waals surface area contributed by atoms with Crippen LogP contribution in [0.1, 0.15) is 6.92 Å². The quantitative estimate of drug-likeness (QED) is 0.611. The predicted molar refractivity (Wildman–Crippen MR) is 82.5 cm³/mol. The van der Waals surface area contributed by atoms with E-state index in [0.717, 1.165) is 0 Å².